The molecule has 0 bridgehead atoms. The highest BCUT2D eigenvalue weighted by molar-refractivity contribution is 7.89. The highest BCUT2D eigenvalue weighted by Gasteiger charge is 2.28. The molecule has 0 unspecified atom stereocenters. The molecule has 0 aliphatic carbocycles. The van der Waals surface area contributed by atoms with Crippen LogP contribution in [0.4, 0.5) is 0 Å². The number of aryl methyl sites for hydroxylation is 1. The van der Waals surface area contributed by atoms with Gasteiger partial charge >= 0.3 is 0 Å². The van der Waals surface area contributed by atoms with Crippen LogP contribution in [0.2, 0.25) is 0 Å². The summed E-state index contributed by atoms with van der Waals surface area (Å²) >= 11 is 5.69. The van der Waals surface area contributed by atoms with E-state index in [1.165, 1.54) is 5.56 Å². The first kappa shape index (κ1) is 23.8. The number of sulfonamides is 1. The van der Waals surface area contributed by atoms with E-state index in [2.05, 4.69) is 36.0 Å². The van der Waals surface area contributed by atoms with Gasteiger partial charge in [0.05, 0.1) is 18.1 Å². The number of nitrogens with zero attached hydrogens (tertiary/aromatic N) is 5. The van der Waals surface area contributed by atoms with E-state index in [9.17, 15) is 8.42 Å². The topological polar surface area (TPSA) is 63.4 Å². The molecule has 0 N–H and O–H groups in total. The lowest BCUT2D eigenvalue weighted by atomic mass is 10.0. The third-order valence-corrected chi connectivity index (χ3v) is 8.49. The van der Waals surface area contributed by atoms with Gasteiger partial charge in [0.25, 0.3) is 0 Å². The Morgan fingerprint density at radius 3 is 2.21 bits per heavy atom. The Morgan fingerprint density at radius 2 is 1.61 bits per heavy atom. The summed E-state index contributed by atoms with van der Waals surface area (Å²) in [6.45, 7) is 9.57. The Hall–Kier alpha value is -2.33. The summed E-state index contributed by atoms with van der Waals surface area (Å²) in [5, 5.41) is 4.64. The van der Waals surface area contributed by atoms with Crippen molar-refractivity contribution >= 4 is 22.2 Å². The molecule has 1 saturated heterocycles. The van der Waals surface area contributed by atoms with Crippen molar-refractivity contribution in [2.24, 2.45) is 0 Å². The van der Waals surface area contributed by atoms with E-state index in [-0.39, 0.29) is 0 Å². The van der Waals surface area contributed by atoms with Crippen molar-refractivity contribution < 1.29 is 8.42 Å². The maximum Gasteiger partial charge on any atom is 0.243 e. The molecule has 9 heteroatoms. The van der Waals surface area contributed by atoms with Crippen LogP contribution in [-0.2, 0) is 23.2 Å². The van der Waals surface area contributed by atoms with Gasteiger partial charge in [0.2, 0.25) is 10.0 Å². The van der Waals surface area contributed by atoms with Crippen LogP contribution in [0.1, 0.15) is 36.7 Å². The molecule has 0 amide bonds. The smallest absolute Gasteiger partial charge is 0.243 e. The SMILES string of the molecule is Cc1nn(CN2CCN(S(=O)(=O)c3ccc(C(C)C)cc3)CC2)c(=S)n1Cc1ccccc1. The predicted octanol–water partition coefficient (Wildman–Crippen LogP) is 3.86. The van der Waals surface area contributed by atoms with E-state index in [0.717, 1.165) is 11.4 Å². The highest BCUT2D eigenvalue weighted by atomic mass is 32.2. The molecule has 176 valence electrons. The minimum Gasteiger partial charge on any atom is -0.300 e. The van der Waals surface area contributed by atoms with E-state index < -0.39 is 10.0 Å². The zero-order valence-corrected chi connectivity index (χ0v) is 21.0. The van der Waals surface area contributed by atoms with Gasteiger partial charge in [-0.2, -0.15) is 9.40 Å². The number of benzene rings is 2. The van der Waals surface area contributed by atoms with Crippen LogP contribution in [0.25, 0.3) is 0 Å². The summed E-state index contributed by atoms with van der Waals surface area (Å²) in [5.74, 6) is 1.24. The van der Waals surface area contributed by atoms with Crippen LogP contribution in [0, 0.1) is 11.7 Å². The van der Waals surface area contributed by atoms with Crippen molar-refractivity contribution in [3.8, 4) is 0 Å². The summed E-state index contributed by atoms with van der Waals surface area (Å²) in [7, 11) is -3.49. The second-order valence-electron chi connectivity index (χ2n) is 8.79. The maximum absolute atomic E-state index is 13.1. The monoisotopic (exact) mass is 485 g/mol. The van der Waals surface area contributed by atoms with Crippen LogP contribution >= 0.6 is 12.2 Å². The first-order chi connectivity index (χ1) is 15.8. The second kappa shape index (κ2) is 9.89. The van der Waals surface area contributed by atoms with Crippen LogP contribution in [0.3, 0.4) is 0 Å². The summed E-state index contributed by atoms with van der Waals surface area (Å²) in [6.07, 6.45) is 0. The lowest BCUT2D eigenvalue weighted by Gasteiger charge is -2.33. The molecule has 2 aromatic carbocycles. The molecule has 3 aromatic rings. The van der Waals surface area contributed by atoms with Gasteiger partial charge in [-0.1, -0.05) is 56.3 Å². The average molecular weight is 486 g/mol. The molecule has 1 aliphatic heterocycles. The lowest BCUT2D eigenvalue weighted by Crippen LogP contribution is -2.48. The fourth-order valence-electron chi connectivity index (χ4n) is 4.06. The molecule has 1 aliphatic rings. The Morgan fingerprint density at radius 1 is 0.970 bits per heavy atom. The third-order valence-electron chi connectivity index (χ3n) is 6.14. The molecular weight excluding hydrogens is 454 g/mol. The van der Waals surface area contributed by atoms with Crippen molar-refractivity contribution in [2.75, 3.05) is 26.2 Å². The summed E-state index contributed by atoms with van der Waals surface area (Å²) in [6, 6.07) is 17.4. The molecule has 2 heterocycles. The van der Waals surface area contributed by atoms with Crippen LogP contribution in [0.5, 0.6) is 0 Å². The molecule has 0 saturated carbocycles. The molecule has 4 rings (SSSR count). The second-order valence-corrected chi connectivity index (χ2v) is 11.1. The van der Waals surface area contributed by atoms with Gasteiger partial charge in [0, 0.05) is 26.2 Å². The van der Waals surface area contributed by atoms with Gasteiger partial charge in [0.15, 0.2) is 4.77 Å². The van der Waals surface area contributed by atoms with E-state index in [0.29, 0.717) is 55.0 Å². The van der Waals surface area contributed by atoms with E-state index in [4.69, 9.17) is 12.2 Å². The number of aromatic nitrogens is 3. The van der Waals surface area contributed by atoms with E-state index in [1.54, 1.807) is 16.4 Å². The zero-order chi connectivity index (χ0) is 23.6. The Bertz CT molecular complexity index is 1240. The molecular formula is C24H31N5O2S2. The minimum absolute atomic E-state index is 0.359. The van der Waals surface area contributed by atoms with Crippen LogP contribution in [-0.4, -0.2) is 58.1 Å². The van der Waals surface area contributed by atoms with Gasteiger partial charge in [-0.05, 0) is 48.3 Å². The average Bonchev–Trinajstić information content (AvgIpc) is 3.07. The first-order valence-electron chi connectivity index (χ1n) is 11.3. The van der Waals surface area contributed by atoms with Gasteiger partial charge in [-0.15, -0.1) is 0 Å². The maximum atomic E-state index is 13.1. The molecule has 33 heavy (non-hydrogen) atoms. The van der Waals surface area contributed by atoms with Crippen molar-refractivity contribution in [2.45, 2.75) is 44.8 Å². The molecule has 1 aromatic heterocycles. The quantitative estimate of drug-likeness (QED) is 0.476. The van der Waals surface area contributed by atoms with E-state index in [1.807, 2.05) is 46.5 Å². The Kier molecular flexibility index (Phi) is 7.13. The largest absolute Gasteiger partial charge is 0.300 e. The Labute approximate surface area is 201 Å². The lowest BCUT2D eigenvalue weighted by molar-refractivity contribution is 0.144. The summed E-state index contributed by atoms with van der Waals surface area (Å²) in [5.41, 5.74) is 2.31. The third kappa shape index (κ3) is 5.27. The molecule has 7 nitrogen and oxygen atoms in total. The number of hydrogen-bond acceptors (Lipinski definition) is 5. The number of rotatable bonds is 7. The highest BCUT2D eigenvalue weighted by Crippen LogP contribution is 2.21. The standard InChI is InChI=1S/C24H31N5O2S2/c1-19(2)22-9-11-23(12-10-22)33(30,31)27-15-13-26(14-16-27)18-29-24(32)28(20(3)25-29)17-21-7-5-4-6-8-21/h4-12,19H,13-18H2,1-3H3. The van der Waals surface area contributed by atoms with Crippen LogP contribution in [0.15, 0.2) is 59.5 Å². The fourth-order valence-corrected chi connectivity index (χ4v) is 5.78. The number of piperazine rings is 1. The normalized spacial score (nSPS) is 15.9. The van der Waals surface area contributed by atoms with Crippen molar-refractivity contribution in [1.29, 1.82) is 0 Å². The van der Waals surface area contributed by atoms with Gasteiger partial charge < -0.3 is 0 Å². The predicted molar refractivity (Wildman–Crippen MR) is 132 cm³/mol. The first-order valence-corrected chi connectivity index (χ1v) is 13.1. The van der Waals surface area contributed by atoms with Gasteiger partial charge in [-0.25, -0.2) is 13.1 Å². The van der Waals surface area contributed by atoms with Crippen molar-refractivity contribution in [3.63, 3.8) is 0 Å². The zero-order valence-electron chi connectivity index (χ0n) is 19.4. The molecule has 0 spiro atoms. The summed E-state index contributed by atoms with van der Waals surface area (Å²) in [4.78, 5) is 2.56. The number of hydrogen-bond donors (Lipinski definition) is 0. The van der Waals surface area contributed by atoms with Gasteiger partial charge in [0.1, 0.15) is 5.82 Å². The molecule has 0 atom stereocenters. The van der Waals surface area contributed by atoms with Crippen molar-refractivity contribution in [1.82, 2.24) is 23.6 Å². The van der Waals surface area contributed by atoms with Crippen molar-refractivity contribution in [3.05, 3.63) is 76.3 Å². The minimum atomic E-state index is -3.49. The summed E-state index contributed by atoms with van der Waals surface area (Å²) < 4.78 is 32.3. The van der Waals surface area contributed by atoms with Crippen LogP contribution < -0.4 is 0 Å². The fraction of sp³-hybridized carbons (Fsp3) is 0.417. The van der Waals surface area contributed by atoms with E-state index >= 15 is 0 Å². The van der Waals surface area contributed by atoms with Gasteiger partial charge in [-0.3, -0.25) is 9.47 Å². The molecule has 0 radical (unpaired) electrons. The molecule has 1 fully saturated rings. The Balaban J connectivity index is 1.39.